The fourth-order valence-electron chi connectivity index (χ4n) is 1.85. The molecule has 2 rings (SSSR count). The van der Waals surface area contributed by atoms with Crippen LogP contribution in [0.2, 0.25) is 0 Å². The Hall–Kier alpha value is -2.78. The van der Waals surface area contributed by atoms with Gasteiger partial charge in [-0.1, -0.05) is 0 Å². The molecular weight excluding hydrogens is 284 g/mol. The van der Waals surface area contributed by atoms with Gasteiger partial charge in [0.1, 0.15) is 17.6 Å². The number of carbonyl (C=O) groups is 1. The largest absolute Gasteiger partial charge is 0.481 e. The van der Waals surface area contributed by atoms with Crippen LogP contribution in [-0.2, 0) is 4.79 Å². The van der Waals surface area contributed by atoms with E-state index in [9.17, 15) is 9.90 Å². The van der Waals surface area contributed by atoms with Gasteiger partial charge < -0.3 is 19.6 Å². The molecule has 0 aliphatic carbocycles. The molecule has 6 heteroatoms. The summed E-state index contributed by atoms with van der Waals surface area (Å²) < 4.78 is 10.7. The lowest BCUT2D eigenvalue weighted by Crippen LogP contribution is -2.39. The van der Waals surface area contributed by atoms with Crippen LogP contribution in [0.1, 0.15) is 24.3 Å². The molecule has 2 N–H and O–H groups in total. The van der Waals surface area contributed by atoms with Gasteiger partial charge in [0.15, 0.2) is 6.10 Å². The summed E-state index contributed by atoms with van der Waals surface area (Å²) in [6.07, 6.45) is 0.720. The SMILES string of the molecule is CC(Oc1ccc(C#N)cc1)C(=O)NC(CO)c1ccco1. The van der Waals surface area contributed by atoms with E-state index in [2.05, 4.69) is 5.32 Å². The maximum Gasteiger partial charge on any atom is 0.261 e. The van der Waals surface area contributed by atoms with Crippen molar-refractivity contribution in [1.82, 2.24) is 5.32 Å². The summed E-state index contributed by atoms with van der Waals surface area (Å²) in [5, 5.41) is 20.7. The number of furan rings is 1. The number of aliphatic hydroxyl groups excluding tert-OH is 1. The van der Waals surface area contributed by atoms with Gasteiger partial charge in [0.2, 0.25) is 0 Å². The minimum atomic E-state index is -0.753. The van der Waals surface area contributed by atoms with Crippen LogP contribution in [0, 0.1) is 11.3 Å². The number of hydrogen-bond acceptors (Lipinski definition) is 5. The Balaban J connectivity index is 1.95. The third-order valence-corrected chi connectivity index (χ3v) is 3.05. The molecule has 2 atom stereocenters. The summed E-state index contributed by atoms with van der Waals surface area (Å²) in [7, 11) is 0. The highest BCUT2D eigenvalue weighted by molar-refractivity contribution is 5.81. The van der Waals surface area contributed by atoms with Crippen molar-refractivity contribution in [2.75, 3.05) is 6.61 Å². The van der Waals surface area contributed by atoms with Gasteiger partial charge >= 0.3 is 0 Å². The van der Waals surface area contributed by atoms with Crippen molar-refractivity contribution < 1.29 is 19.1 Å². The third kappa shape index (κ3) is 3.87. The van der Waals surface area contributed by atoms with E-state index in [0.717, 1.165) is 0 Å². The molecule has 0 radical (unpaired) electrons. The molecule has 0 saturated heterocycles. The predicted molar refractivity (Wildman–Crippen MR) is 77.9 cm³/mol. The molecule has 1 amide bonds. The maximum absolute atomic E-state index is 12.1. The fourth-order valence-corrected chi connectivity index (χ4v) is 1.85. The van der Waals surface area contributed by atoms with E-state index in [1.165, 1.54) is 6.26 Å². The number of amides is 1. The smallest absolute Gasteiger partial charge is 0.261 e. The highest BCUT2D eigenvalue weighted by Crippen LogP contribution is 2.15. The van der Waals surface area contributed by atoms with E-state index in [1.807, 2.05) is 6.07 Å². The summed E-state index contributed by atoms with van der Waals surface area (Å²) in [5.74, 6) is 0.585. The predicted octanol–water partition coefficient (Wildman–Crippen LogP) is 1.77. The molecule has 1 aromatic carbocycles. The lowest BCUT2D eigenvalue weighted by atomic mass is 10.2. The van der Waals surface area contributed by atoms with E-state index < -0.39 is 12.1 Å². The first-order chi connectivity index (χ1) is 10.6. The molecule has 1 heterocycles. The number of benzene rings is 1. The summed E-state index contributed by atoms with van der Waals surface area (Å²) in [6.45, 7) is 1.33. The zero-order valence-corrected chi connectivity index (χ0v) is 12.0. The molecule has 2 aromatic rings. The van der Waals surface area contributed by atoms with Gasteiger partial charge in [-0.25, -0.2) is 0 Å². The van der Waals surface area contributed by atoms with Crippen LogP contribution >= 0.6 is 0 Å². The van der Waals surface area contributed by atoms with Crippen molar-refractivity contribution in [3.8, 4) is 11.8 Å². The molecule has 1 aromatic heterocycles. The van der Waals surface area contributed by atoms with Gasteiger partial charge in [0.25, 0.3) is 5.91 Å². The van der Waals surface area contributed by atoms with Crippen molar-refractivity contribution in [1.29, 1.82) is 5.26 Å². The Morgan fingerprint density at radius 1 is 1.41 bits per heavy atom. The Labute approximate surface area is 127 Å². The number of ether oxygens (including phenoxy) is 1. The zero-order chi connectivity index (χ0) is 15.9. The molecule has 0 saturated carbocycles. The van der Waals surface area contributed by atoms with E-state index in [0.29, 0.717) is 17.1 Å². The third-order valence-electron chi connectivity index (χ3n) is 3.05. The molecule has 2 unspecified atom stereocenters. The topological polar surface area (TPSA) is 95.5 Å². The van der Waals surface area contributed by atoms with Crippen molar-refractivity contribution >= 4 is 5.91 Å². The average molecular weight is 300 g/mol. The summed E-state index contributed by atoms with van der Waals surface area (Å²) in [5.41, 5.74) is 0.516. The van der Waals surface area contributed by atoms with Gasteiger partial charge in [0.05, 0.1) is 24.5 Å². The second-order valence-electron chi connectivity index (χ2n) is 4.66. The first-order valence-electron chi connectivity index (χ1n) is 6.75. The van der Waals surface area contributed by atoms with E-state index >= 15 is 0 Å². The van der Waals surface area contributed by atoms with Crippen molar-refractivity contribution in [2.45, 2.75) is 19.1 Å². The van der Waals surface area contributed by atoms with Crippen LogP contribution in [0.3, 0.4) is 0 Å². The number of aliphatic hydroxyl groups is 1. The number of carbonyl (C=O) groups excluding carboxylic acids is 1. The summed E-state index contributed by atoms with van der Waals surface area (Å²) >= 11 is 0. The minimum absolute atomic E-state index is 0.275. The van der Waals surface area contributed by atoms with E-state index in [-0.39, 0.29) is 12.5 Å². The fraction of sp³-hybridized carbons (Fsp3) is 0.250. The van der Waals surface area contributed by atoms with Crippen molar-refractivity contribution in [3.05, 3.63) is 54.0 Å². The maximum atomic E-state index is 12.1. The second kappa shape index (κ2) is 7.29. The van der Waals surface area contributed by atoms with Crippen molar-refractivity contribution in [3.63, 3.8) is 0 Å². The van der Waals surface area contributed by atoms with Crippen LogP contribution < -0.4 is 10.1 Å². The van der Waals surface area contributed by atoms with E-state index in [1.54, 1.807) is 43.3 Å². The Kier molecular flexibility index (Phi) is 5.17. The average Bonchev–Trinajstić information content (AvgIpc) is 3.07. The molecule has 6 nitrogen and oxygen atoms in total. The van der Waals surface area contributed by atoms with E-state index in [4.69, 9.17) is 14.4 Å². The van der Waals surface area contributed by atoms with Gasteiger partial charge in [0, 0.05) is 0 Å². The van der Waals surface area contributed by atoms with Gasteiger partial charge in [-0.15, -0.1) is 0 Å². The number of rotatable bonds is 6. The van der Waals surface area contributed by atoms with Crippen molar-refractivity contribution in [2.24, 2.45) is 0 Å². The first kappa shape index (κ1) is 15.6. The van der Waals surface area contributed by atoms with Gasteiger partial charge in [-0.2, -0.15) is 5.26 Å². The molecule has 0 aliphatic rings. The zero-order valence-electron chi connectivity index (χ0n) is 12.0. The lowest BCUT2D eigenvalue weighted by molar-refractivity contribution is -0.128. The molecule has 0 spiro atoms. The quantitative estimate of drug-likeness (QED) is 0.847. The van der Waals surface area contributed by atoms with Crippen LogP contribution in [0.5, 0.6) is 5.75 Å². The summed E-state index contributed by atoms with van der Waals surface area (Å²) in [6, 6.07) is 11.2. The van der Waals surface area contributed by atoms with Crippen LogP contribution in [0.15, 0.2) is 47.1 Å². The second-order valence-corrected chi connectivity index (χ2v) is 4.66. The van der Waals surface area contributed by atoms with Gasteiger partial charge in [-0.3, -0.25) is 4.79 Å². The number of nitrogens with one attached hydrogen (secondary N) is 1. The van der Waals surface area contributed by atoms with Crippen LogP contribution in [-0.4, -0.2) is 23.7 Å². The first-order valence-corrected chi connectivity index (χ1v) is 6.75. The molecule has 114 valence electrons. The number of nitriles is 1. The molecule has 22 heavy (non-hydrogen) atoms. The Morgan fingerprint density at radius 2 is 2.14 bits per heavy atom. The molecule has 0 aliphatic heterocycles. The molecule has 0 fully saturated rings. The molecule has 0 bridgehead atoms. The lowest BCUT2D eigenvalue weighted by Gasteiger charge is -2.18. The highest BCUT2D eigenvalue weighted by atomic mass is 16.5. The normalized spacial score (nSPS) is 13.0. The number of hydrogen-bond donors (Lipinski definition) is 2. The van der Waals surface area contributed by atoms with Crippen LogP contribution in [0.4, 0.5) is 0 Å². The van der Waals surface area contributed by atoms with Gasteiger partial charge in [-0.05, 0) is 43.3 Å². The number of nitrogens with zero attached hydrogens (tertiary/aromatic N) is 1. The molecular formula is C16H16N2O4. The Morgan fingerprint density at radius 3 is 2.68 bits per heavy atom. The van der Waals surface area contributed by atoms with Crippen LogP contribution in [0.25, 0.3) is 0 Å². The monoisotopic (exact) mass is 300 g/mol. The minimum Gasteiger partial charge on any atom is -0.481 e. The standard InChI is InChI=1S/C16H16N2O4/c1-11(22-13-6-4-12(9-17)5-7-13)16(20)18-14(10-19)15-3-2-8-21-15/h2-8,11,14,19H,10H2,1H3,(H,18,20). The highest BCUT2D eigenvalue weighted by Gasteiger charge is 2.21. The Bertz CT molecular complexity index is 644. The summed E-state index contributed by atoms with van der Waals surface area (Å²) in [4.78, 5) is 12.1.